The molecular weight excluding hydrogens is 338 g/mol. The number of aryl methyl sites for hydroxylation is 1. The molecule has 2 aromatic heterocycles. The van der Waals surface area contributed by atoms with Gasteiger partial charge in [0.25, 0.3) is 5.91 Å². The molecule has 0 atom stereocenters. The minimum Gasteiger partial charge on any atom is -0.347 e. The Morgan fingerprint density at radius 2 is 1.92 bits per heavy atom. The second-order valence-electron chi connectivity index (χ2n) is 5.39. The molecule has 3 aromatic rings. The summed E-state index contributed by atoms with van der Waals surface area (Å²) < 4.78 is 0. The number of carbonyl (C=O) groups excluding carboxylic acids is 1. The summed E-state index contributed by atoms with van der Waals surface area (Å²) in [5.41, 5.74) is 3.04. The Morgan fingerprint density at radius 3 is 2.72 bits per heavy atom. The van der Waals surface area contributed by atoms with Gasteiger partial charge in [-0.25, -0.2) is 9.97 Å². The zero-order chi connectivity index (χ0) is 17.6. The van der Waals surface area contributed by atoms with E-state index in [1.165, 1.54) is 6.20 Å². The normalized spacial score (nSPS) is 10.3. The molecular formula is C18H16ClN5O. The van der Waals surface area contributed by atoms with E-state index in [-0.39, 0.29) is 11.6 Å². The monoisotopic (exact) mass is 353 g/mol. The van der Waals surface area contributed by atoms with Gasteiger partial charge in [0.05, 0.1) is 0 Å². The minimum absolute atomic E-state index is 0.273. The van der Waals surface area contributed by atoms with Gasteiger partial charge < -0.3 is 10.6 Å². The Bertz CT molecular complexity index is 886. The third kappa shape index (κ3) is 4.51. The van der Waals surface area contributed by atoms with Crippen LogP contribution in [0.1, 0.15) is 21.6 Å². The molecule has 1 amide bonds. The average Bonchev–Trinajstić information content (AvgIpc) is 2.64. The molecule has 0 unspecified atom stereocenters. The highest BCUT2D eigenvalue weighted by molar-refractivity contribution is 6.30. The van der Waals surface area contributed by atoms with Crippen molar-refractivity contribution in [2.24, 2.45) is 0 Å². The lowest BCUT2D eigenvalue weighted by Crippen LogP contribution is -2.24. The van der Waals surface area contributed by atoms with E-state index in [4.69, 9.17) is 11.6 Å². The van der Waals surface area contributed by atoms with Crippen molar-refractivity contribution < 1.29 is 4.79 Å². The standard InChI is InChI=1S/C18H16ClN5O/c1-12-2-3-14(19)10-16(12)24-18-21-9-6-15(23-18)17(25)22-11-13-4-7-20-8-5-13/h2-10H,11H2,1H3,(H,22,25)(H,21,23,24). The Balaban J connectivity index is 1.70. The summed E-state index contributed by atoms with van der Waals surface area (Å²) in [5.74, 6) is 0.0620. The number of benzene rings is 1. The van der Waals surface area contributed by atoms with Gasteiger partial charge in [0.2, 0.25) is 5.95 Å². The van der Waals surface area contributed by atoms with Crippen molar-refractivity contribution in [3.63, 3.8) is 0 Å². The van der Waals surface area contributed by atoms with Gasteiger partial charge in [0.1, 0.15) is 5.69 Å². The van der Waals surface area contributed by atoms with Gasteiger partial charge >= 0.3 is 0 Å². The van der Waals surface area contributed by atoms with Crippen molar-refractivity contribution in [1.82, 2.24) is 20.3 Å². The molecule has 1 aromatic carbocycles. The largest absolute Gasteiger partial charge is 0.347 e. The lowest BCUT2D eigenvalue weighted by Gasteiger charge is -2.10. The SMILES string of the molecule is Cc1ccc(Cl)cc1Nc1nccc(C(=O)NCc2ccncc2)n1. The topological polar surface area (TPSA) is 79.8 Å². The molecule has 25 heavy (non-hydrogen) atoms. The zero-order valence-corrected chi connectivity index (χ0v) is 14.3. The summed E-state index contributed by atoms with van der Waals surface area (Å²) in [5, 5.41) is 6.52. The van der Waals surface area contributed by atoms with Crippen molar-refractivity contribution in [2.75, 3.05) is 5.32 Å². The molecule has 0 saturated carbocycles. The van der Waals surface area contributed by atoms with Crippen molar-refractivity contribution in [2.45, 2.75) is 13.5 Å². The first-order valence-electron chi connectivity index (χ1n) is 7.65. The lowest BCUT2D eigenvalue weighted by atomic mass is 10.2. The highest BCUT2D eigenvalue weighted by Crippen LogP contribution is 2.22. The molecule has 7 heteroatoms. The third-order valence-corrected chi connectivity index (χ3v) is 3.77. The van der Waals surface area contributed by atoms with Gasteiger partial charge in [-0.3, -0.25) is 9.78 Å². The first-order valence-corrected chi connectivity index (χ1v) is 8.03. The smallest absolute Gasteiger partial charge is 0.270 e. The van der Waals surface area contributed by atoms with E-state index in [9.17, 15) is 4.79 Å². The summed E-state index contributed by atoms with van der Waals surface area (Å²) >= 11 is 6.01. The summed E-state index contributed by atoms with van der Waals surface area (Å²) in [7, 11) is 0. The number of pyridine rings is 1. The van der Waals surface area contributed by atoms with E-state index in [2.05, 4.69) is 25.6 Å². The molecule has 0 aliphatic heterocycles. The number of amides is 1. The number of nitrogens with zero attached hydrogens (tertiary/aromatic N) is 3. The minimum atomic E-state index is -0.273. The van der Waals surface area contributed by atoms with Crippen LogP contribution in [0.2, 0.25) is 5.02 Å². The van der Waals surface area contributed by atoms with Gasteiger partial charge in [-0.2, -0.15) is 0 Å². The molecule has 0 spiro atoms. The first kappa shape index (κ1) is 16.9. The Hall–Kier alpha value is -2.99. The fourth-order valence-corrected chi connectivity index (χ4v) is 2.34. The van der Waals surface area contributed by atoms with E-state index < -0.39 is 0 Å². The number of hydrogen-bond acceptors (Lipinski definition) is 5. The predicted octanol–water partition coefficient (Wildman–Crippen LogP) is 3.51. The molecule has 0 fully saturated rings. The van der Waals surface area contributed by atoms with E-state index >= 15 is 0 Å². The highest BCUT2D eigenvalue weighted by atomic mass is 35.5. The van der Waals surface area contributed by atoms with Crippen LogP contribution in [0.5, 0.6) is 0 Å². The van der Waals surface area contributed by atoms with Gasteiger partial charge in [-0.1, -0.05) is 17.7 Å². The molecule has 0 radical (unpaired) electrons. The number of rotatable bonds is 5. The van der Waals surface area contributed by atoms with Crippen LogP contribution in [-0.4, -0.2) is 20.9 Å². The molecule has 126 valence electrons. The Labute approximate surface area is 150 Å². The zero-order valence-electron chi connectivity index (χ0n) is 13.5. The van der Waals surface area contributed by atoms with Crippen molar-refractivity contribution in [1.29, 1.82) is 0 Å². The fraction of sp³-hybridized carbons (Fsp3) is 0.111. The van der Waals surface area contributed by atoms with Gasteiger partial charge in [-0.05, 0) is 48.4 Å². The summed E-state index contributed by atoms with van der Waals surface area (Å²) in [6, 6.07) is 10.8. The predicted molar refractivity (Wildman–Crippen MR) is 96.9 cm³/mol. The maximum atomic E-state index is 12.3. The van der Waals surface area contributed by atoms with Crippen LogP contribution in [-0.2, 0) is 6.54 Å². The molecule has 2 heterocycles. The van der Waals surface area contributed by atoms with Crippen LogP contribution < -0.4 is 10.6 Å². The van der Waals surface area contributed by atoms with Gasteiger partial charge in [0.15, 0.2) is 0 Å². The molecule has 0 aliphatic rings. The number of hydrogen-bond donors (Lipinski definition) is 2. The van der Waals surface area contributed by atoms with E-state index in [0.29, 0.717) is 17.5 Å². The molecule has 0 aliphatic carbocycles. The number of anilines is 2. The van der Waals surface area contributed by atoms with Crippen molar-refractivity contribution in [3.8, 4) is 0 Å². The average molecular weight is 354 g/mol. The number of aromatic nitrogens is 3. The molecule has 3 rings (SSSR count). The quantitative estimate of drug-likeness (QED) is 0.733. The maximum Gasteiger partial charge on any atom is 0.270 e. The van der Waals surface area contributed by atoms with Gasteiger partial charge in [0, 0.05) is 35.8 Å². The van der Waals surface area contributed by atoms with Crippen molar-refractivity contribution >= 4 is 29.1 Å². The molecule has 0 saturated heterocycles. The van der Waals surface area contributed by atoms with Gasteiger partial charge in [-0.15, -0.1) is 0 Å². The fourth-order valence-electron chi connectivity index (χ4n) is 2.17. The van der Waals surface area contributed by atoms with Crippen molar-refractivity contribution in [3.05, 3.63) is 76.8 Å². The number of carbonyl (C=O) groups is 1. The first-order chi connectivity index (χ1) is 12.1. The number of halogens is 1. The summed E-state index contributed by atoms with van der Waals surface area (Å²) in [6.45, 7) is 2.35. The van der Waals surface area contributed by atoms with E-state index in [1.54, 1.807) is 24.5 Å². The summed E-state index contributed by atoms with van der Waals surface area (Å²) in [4.78, 5) is 24.6. The van der Waals surface area contributed by atoms with E-state index in [1.807, 2.05) is 31.2 Å². The molecule has 0 bridgehead atoms. The summed E-state index contributed by atoms with van der Waals surface area (Å²) in [6.07, 6.45) is 4.90. The highest BCUT2D eigenvalue weighted by Gasteiger charge is 2.09. The Kier molecular flexibility index (Phi) is 5.20. The lowest BCUT2D eigenvalue weighted by molar-refractivity contribution is 0.0946. The van der Waals surface area contributed by atoms with Crippen LogP contribution in [0.25, 0.3) is 0 Å². The van der Waals surface area contributed by atoms with Crippen LogP contribution >= 0.6 is 11.6 Å². The second-order valence-corrected chi connectivity index (χ2v) is 5.82. The van der Waals surface area contributed by atoms with Crippen LogP contribution in [0.15, 0.2) is 55.0 Å². The third-order valence-electron chi connectivity index (χ3n) is 3.54. The molecule has 2 N–H and O–H groups in total. The second kappa shape index (κ2) is 7.72. The van der Waals surface area contributed by atoms with Crippen LogP contribution in [0.4, 0.5) is 11.6 Å². The van der Waals surface area contributed by atoms with Crippen LogP contribution in [0, 0.1) is 6.92 Å². The number of nitrogens with one attached hydrogen (secondary N) is 2. The molecule has 6 nitrogen and oxygen atoms in total. The Morgan fingerprint density at radius 1 is 1.12 bits per heavy atom. The van der Waals surface area contributed by atoms with E-state index in [0.717, 1.165) is 16.8 Å². The van der Waals surface area contributed by atoms with Crippen LogP contribution in [0.3, 0.4) is 0 Å². The maximum absolute atomic E-state index is 12.3.